The average Bonchev–Trinajstić information content (AvgIpc) is 2.57. The minimum atomic E-state index is -0.709. The van der Waals surface area contributed by atoms with Crippen molar-refractivity contribution in [3.05, 3.63) is 64.8 Å². The number of ether oxygens (including phenoxy) is 1. The van der Waals surface area contributed by atoms with Gasteiger partial charge in [-0.2, -0.15) is 0 Å². The van der Waals surface area contributed by atoms with E-state index in [1.165, 1.54) is 12.3 Å². The van der Waals surface area contributed by atoms with E-state index in [1.54, 1.807) is 6.92 Å². The van der Waals surface area contributed by atoms with Gasteiger partial charge in [0.2, 0.25) is 0 Å². The van der Waals surface area contributed by atoms with E-state index in [1.807, 2.05) is 42.5 Å². The molecule has 4 nitrogen and oxygen atoms in total. The summed E-state index contributed by atoms with van der Waals surface area (Å²) in [5, 5.41) is 5.46. The molecule has 0 aliphatic rings. The molecule has 3 aromatic rings. The number of anilines is 1. The molecule has 0 saturated heterocycles. The smallest absolute Gasteiger partial charge is 0.266 e. The first-order valence-corrected chi connectivity index (χ1v) is 8.06. The lowest BCUT2D eigenvalue weighted by molar-refractivity contribution is -0.122. The number of nitrogens with zero attached hydrogens (tertiary/aromatic N) is 1. The van der Waals surface area contributed by atoms with Crippen LogP contribution in [0.1, 0.15) is 6.92 Å². The van der Waals surface area contributed by atoms with Crippen LogP contribution in [-0.2, 0) is 4.79 Å². The monoisotopic (exact) mass is 360 g/mol. The Kier molecular flexibility index (Phi) is 4.88. The lowest BCUT2D eigenvalue weighted by Gasteiger charge is -2.15. The van der Waals surface area contributed by atoms with Crippen LogP contribution >= 0.6 is 23.2 Å². The van der Waals surface area contributed by atoms with Crippen molar-refractivity contribution in [2.75, 3.05) is 5.32 Å². The van der Waals surface area contributed by atoms with Crippen molar-refractivity contribution in [1.82, 2.24) is 4.98 Å². The van der Waals surface area contributed by atoms with Gasteiger partial charge in [0.05, 0.1) is 10.0 Å². The maximum absolute atomic E-state index is 12.2. The Morgan fingerprint density at radius 2 is 1.88 bits per heavy atom. The molecule has 1 N–H and O–H groups in total. The normalized spacial score (nSPS) is 12.0. The third kappa shape index (κ3) is 3.78. The molecule has 6 heteroatoms. The van der Waals surface area contributed by atoms with Gasteiger partial charge in [-0.3, -0.25) is 4.79 Å². The maximum Gasteiger partial charge on any atom is 0.266 e. The Bertz CT molecular complexity index is 899. The molecule has 1 heterocycles. The number of hydrogen-bond acceptors (Lipinski definition) is 3. The number of carbonyl (C=O) groups is 1. The summed E-state index contributed by atoms with van der Waals surface area (Å²) in [6.45, 7) is 1.66. The molecule has 24 heavy (non-hydrogen) atoms. The van der Waals surface area contributed by atoms with E-state index in [4.69, 9.17) is 27.9 Å². The summed E-state index contributed by atoms with van der Waals surface area (Å²) in [5.74, 6) is 0.520. The van der Waals surface area contributed by atoms with E-state index in [9.17, 15) is 4.79 Å². The van der Waals surface area contributed by atoms with Crippen LogP contribution in [0.2, 0.25) is 10.0 Å². The minimum Gasteiger partial charge on any atom is -0.481 e. The lowest BCUT2D eigenvalue weighted by atomic mass is 10.1. The fourth-order valence-electron chi connectivity index (χ4n) is 2.22. The number of pyridine rings is 1. The first kappa shape index (κ1) is 16.6. The van der Waals surface area contributed by atoms with Crippen molar-refractivity contribution in [2.45, 2.75) is 13.0 Å². The van der Waals surface area contributed by atoms with E-state index in [0.717, 1.165) is 10.8 Å². The average molecular weight is 361 g/mol. The molecule has 0 radical (unpaired) electrons. The van der Waals surface area contributed by atoms with Crippen molar-refractivity contribution >= 4 is 45.7 Å². The number of aromatic nitrogens is 1. The predicted octanol–water partition coefficient (Wildman–Crippen LogP) is 4.95. The van der Waals surface area contributed by atoms with Gasteiger partial charge in [0.25, 0.3) is 5.91 Å². The number of nitrogens with one attached hydrogen (secondary N) is 1. The highest BCUT2D eigenvalue weighted by Gasteiger charge is 2.17. The Morgan fingerprint density at radius 1 is 1.12 bits per heavy atom. The van der Waals surface area contributed by atoms with E-state index in [2.05, 4.69) is 10.3 Å². The van der Waals surface area contributed by atoms with Gasteiger partial charge < -0.3 is 10.1 Å². The number of fused-ring (bicyclic) bond motifs is 1. The zero-order valence-electron chi connectivity index (χ0n) is 12.8. The fraction of sp³-hybridized carbons (Fsp3) is 0.111. The summed E-state index contributed by atoms with van der Waals surface area (Å²) >= 11 is 11.8. The van der Waals surface area contributed by atoms with Crippen LogP contribution in [0.5, 0.6) is 5.75 Å². The van der Waals surface area contributed by atoms with Crippen molar-refractivity contribution in [3.8, 4) is 5.75 Å². The van der Waals surface area contributed by atoms with Gasteiger partial charge in [0.15, 0.2) is 11.9 Å². The molecule has 2 aromatic carbocycles. The summed E-state index contributed by atoms with van der Waals surface area (Å²) in [4.78, 5) is 16.2. The SMILES string of the molecule is CC(Oc1ccc2ccccc2c1)C(=O)Nc1ncc(Cl)cc1Cl. The van der Waals surface area contributed by atoms with Crippen molar-refractivity contribution in [1.29, 1.82) is 0 Å². The van der Waals surface area contributed by atoms with Gasteiger partial charge >= 0.3 is 0 Å². The van der Waals surface area contributed by atoms with Crippen LogP contribution in [0, 0.1) is 0 Å². The number of amides is 1. The molecular formula is C18H14Cl2N2O2. The molecule has 1 aromatic heterocycles. The summed E-state index contributed by atoms with van der Waals surface area (Å²) in [7, 11) is 0. The highest BCUT2D eigenvalue weighted by Crippen LogP contribution is 2.24. The van der Waals surface area contributed by atoms with Crippen LogP contribution in [0.25, 0.3) is 10.8 Å². The molecule has 3 rings (SSSR count). The van der Waals surface area contributed by atoms with Gasteiger partial charge in [-0.1, -0.05) is 53.5 Å². The van der Waals surface area contributed by atoms with E-state index >= 15 is 0 Å². The van der Waals surface area contributed by atoms with E-state index < -0.39 is 6.10 Å². The standard InChI is InChI=1S/C18H14Cl2N2O2/c1-11(18(23)22-17-16(20)9-14(19)10-21-17)24-15-7-6-12-4-2-3-5-13(12)8-15/h2-11H,1H3,(H,21,22,23). The summed E-state index contributed by atoms with van der Waals surface area (Å²) in [5.41, 5.74) is 0. The Morgan fingerprint density at radius 3 is 2.62 bits per heavy atom. The van der Waals surface area contributed by atoms with Gasteiger partial charge in [0.1, 0.15) is 5.75 Å². The Labute approximate surface area is 149 Å². The topological polar surface area (TPSA) is 51.2 Å². The Hall–Kier alpha value is -2.30. The molecule has 0 fully saturated rings. The summed E-state index contributed by atoms with van der Waals surface area (Å²) in [6, 6.07) is 15.1. The number of rotatable bonds is 4. The summed E-state index contributed by atoms with van der Waals surface area (Å²) in [6.07, 6.45) is 0.706. The second-order valence-electron chi connectivity index (χ2n) is 5.24. The molecule has 0 bridgehead atoms. The van der Waals surface area contributed by atoms with Crippen molar-refractivity contribution in [3.63, 3.8) is 0 Å². The van der Waals surface area contributed by atoms with Crippen LogP contribution in [0.3, 0.4) is 0 Å². The predicted molar refractivity (Wildman–Crippen MR) is 96.9 cm³/mol. The second-order valence-corrected chi connectivity index (χ2v) is 6.09. The number of benzene rings is 2. The first-order valence-electron chi connectivity index (χ1n) is 7.30. The molecule has 0 saturated carbocycles. The first-order chi connectivity index (χ1) is 11.5. The lowest BCUT2D eigenvalue weighted by Crippen LogP contribution is -2.30. The number of carbonyl (C=O) groups excluding carboxylic acids is 1. The van der Waals surface area contributed by atoms with Crippen molar-refractivity contribution in [2.24, 2.45) is 0 Å². The van der Waals surface area contributed by atoms with Gasteiger partial charge in [-0.25, -0.2) is 4.98 Å². The van der Waals surface area contributed by atoms with Crippen LogP contribution in [-0.4, -0.2) is 17.0 Å². The largest absolute Gasteiger partial charge is 0.481 e. The number of halogens is 2. The third-order valence-corrected chi connectivity index (χ3v) is 3.95. The zero-order chi connectivity index (χ0) is 17.1. The highest BCUT2D eigenvalue weighted by atomic mass is 35.5. The van der Waals surface area contributed by atoms with Crippen LogP contribution in [0.15, 0.2) is 54.7 Å². The summed E-state index contributed by atoms with van der Waals surface area (Å²) < 4.78 is 5.71. The molecule has 1 atom stereocenters. The van der Waals surface area contributed by atoms with Crippen molar-refractivity contribution < 1.29 is 9.53 Å². The number of hydrogen-bond donors (Lipinski definition) is 1. The van der Waals surface area contributed by atoms with Gasteiger partial charge in [0, 0.05) is 6.20 Å². The molecule has 1 unspecified atom stereocenters. The minimum absolute atomic E-state index is 0.250. The third-order valence-electron chi connectivity index (χ3n) is 3.45. The molecule has 122 valence electrons. The molecule has 0 aliphatic carbocycles. The zero-order valence-corrected chi connectivity index (χ0v) is 14.3. The van der Waals surface area contributed by atoms with E-state index in [-0.39, 0.29) is 16.7 Å². The van der Waals surface area contributed by atoms with Gasteiger partial charge in [-0.05, 0) is 35.9 Å². The quantitative estimate of drug-likeness (QED) is 0.716. The van der Waals surface area contributed by atoms with Crippen LogP contribution in [0.4, 0.5) is 5.82 Å². The van der Waals surface area contributed by atoms with Gasteiger partial charge in [-0.15, -0.1) is 0 Å². The van der Waals surface area contributed by atoms with E-state index in [0.29, 0.717) is 10.8 Å². The Balaban J connectivity index is 1.70. The maximum atomic E-state index is 12.2. The fourth-order valence-corrected chi connectivity index (χ4v) is 2.65. The molecule has 1 amide bonds. The second kappa shape index (κ2) is 7.07. The molecular weight excluding hydrogens is 347 g/mol. The highest BCUT2D eigenvalue weighted by molar-refractivity contribution is 6.36. The molecule has 0 spiro atoms. The molecule has 0 aliphatic heterocycles. The van der Waals surface area contributed by atoms with Crippen LogP contribution < -0.4 is 10.1 Å².